The van der Waals surface area contributed by atoms with Gasteiger partial charge in [-0.1, -0.05) is 0 Å². The number of hydrogen-bond donors (Lipinski definition) is 1. The molecule has 2 heterocycles. The topological polar surface area (TPSA) is 67.6 Å². The molecule has 14 heavy (non-hydrogen) atoms. The second kappa shape index (κ2) is 3.52. The molecule has 0 spiro atoms. The van der Waals surface area contributed by atoms with E-state index < -0.39 is 0 Å². The normalized spacial score (nSPS) is 9.93. The SMILES string of the molecule is N#Cc1cccn1Cc1csc(N)n1. The summed E-state index contributed by atoms with van der Waals surface area (Å²) in [6, 6.07) is 5.73. The highest BCUT2D eigenvalue weighted by Crippen LogP contribution is 2.13. The fraction of sp³-hybridized carbons (Fsp3) is 0.111. The van der Waals surface area contributed by atoms with E-state index >= 15 is 0 Å². The Morgan fingerprint density at radius 2 is 2.50 bits per heavy atom. The van der Waals surface area contributed by atoms with E-state index in [1.54, 1.807) is 6.07 Å². The van der Waals surface area contributed by atoms with E-state index in [0.29, 0.717) is 17.4 Å². The van der Waals surface area contributed by atoms with Crippen molar-refractivity contribution in [3.63, 3.8) is 0 Å². The molecule has 0 aliphatic heterocycles. The minimum Gasteiger partial charge on any atom is -0.375 e. The van der Waals surface area contributed by atoms with Crippen LogP contribution in [0.25, 0.3) is 0 Å². The number of rotatable bonds is 2. The molecule has 0 aliphatic carbocycles. The van der Waals surface area contributed by atoms with Crippen molar-refractivity contribution >= 4 is 16.5 Å². The molecule has 4 nitrogen and oxygen atoms in total. The molecule has 0 aliphatic rings. The van der Waals surface area contributed by atoms with Gasteiger partial charge in [0.1, 0.15) is 11.8 Å². The molecular weight excluding hydrogens is 196 g/mol. The van der Waals surface area contributed by atoms with Gasteiger partial charge < -0.3 is 10.3 Å². The van der Waals surface area contributed by atoms with Crippen molar-refractivity contribution in [2.75, 3.05) is 5.73 Å². The van der Waals surface area contributed by atoms with Gasteiger partial charge in [0.15, 0.2) is 5.13 Å². The first-order chi connectivity index (χ1) is 6.79. The second-order valence-electron chi connectivity index (χ2n) is 2.81. The van der Waals surface area contributed by atoms with Crippen LogP contribution < -0.4 is 5.73 Å². The second-order valence-corrected chi connectivity index (χ2v) is 3.70. The zero-order chi connectivity index (χ0) is 9.97. The molecule has 0 bridgehead atoms. The van der Waals surface area contributed by atoms with Crippen LogP contribution in [0.4, 0.5) is 5.13 Å². The van der Waals surface area contributed by atoms with Gasteiger partial charge in [0.25, 0.3) is 0 Å². The van der Waals surface area contributed by atoms with E-state index in [4.69, 9.17) is 11.0 Å². The lowest BCUT2D eigenvalue weighted by Gasteiger charge is -2.00. The molecule has 0 saturated carbocycles. The third kappa shape index (κ3) is 1.60. The number of nitrogens with zero attached hydrogens (tertiary/aromatic N) is 3. The number of thiazole rings is 1. The summed E-state index contributed by atoms with van der Waals surface area (Å²) in [6.07, 6.45) is 1.86. The third-order valence-corrected chi connectivity index (χ3v) is 2.57. The molecule has 0 amide bonds. The Morgan fingerprint density at radius 3 is 3.14 bits per heavy atom. The summed E-state index contributed by atoms with van der Waals surface area (Å²) >= 11 is 1.41. The summed E-state index contributed by atoms with van der Waals surface area (Å²) in [5.41, 5.74) is 7.04. The van der Waals surface area contributed by atoms with Crippen LogP contribution in [0.15, 0.2) is 23.7 Å². The van der Waals surface area contributed by atoms with Gasteiger partial charge in [0, 0.05) is 11.6 Å². The maximum absolute atomic E-state index is 8.78. The number of nitriles is 1. The van der Waals surface area contributed by atoms with Crippen LogP contribution in [0, 0.1) is 11.3 Å². The van der Waals surface area contributed by atoms with Crippen LogP contribution in [0.2, 0.25) is 0 Å². The van der Waals surface area contributed by atoms with Gasteiger partial charge in [-0.2, -0.15) is 5.26 Å². The van der Waals surface area contributed by atoms with E-state index in [0.717, 1.165) is 5.69 Å². The summed E-state index contributed by atoms with van der Waals surface area (Å²) in [5.74, 6) is 0. The molecule has 2 aromatic rings. The van der Waals surface area contributed by atoms with E-state index in [2.05, 4.69) is 11.1 Å². The monoisotopic (exact) mass is 204 g/mol. The summed E-state index contributed by atoms with van der Waals surface area (Å²) in [5, 5.41) is 11.2. The average Bonchev–Trinajstić information content (AvgIpc) is 2.76. The number of nitrogen functional groups attached to an aromatic ring is 1. The fourth-order valence-corrected chi connectivity index (χ4v) is 1.78. The van der Waals surface area contributed by atoms with Crippen molar-refractivity contribution in [2.24, 2.45) is 0 Å². The van der Waals surface area contributed by atoms with Crippen LogP contribution in [0.1, 0.15) is 11.4 Å². The maximum atomic E-state index is 8.78. The maximum Gasteiger partial charge on any atom is 0.180 e. The van der Waals surface area contributed by atoms with Crippen molar-refractivity contribution in [3.8, 4) is 6.07 Å². The number of nitrogens with two attached hydrogens (primary N) is 1. The minimum absolute atomic E-state index is 0.561. The Morgan fingerprint density at radius 1 is 1.64 bits per heavy atom. The summed E-state index contributed by atoms with van der Waals surface area (Å²) in [4.78, 5) is 4.13. The first-order valence-electron chi connectivity index (χ1n) is 4.04. The molecule has 2 aromatic heterocycles. The van der Waals surface area contributed by atoms with Gasteiger partial charge in [-0.05, 0) is 12.1 Å². The molecule has 0 fully saturated rings. The molecule has 0 atom stereocenters. The number of aromatic nitrogens is 2. The summed E-state index contributed by atoms with van der Waals surface area (Å²) in [7, 11) is 0. The van der Waals surface area contributed by atoms with Crippen LogP contribution in [0.3, 0.4) is 0 Å². The number of anilines is 1. The van der Waals surface area contributed by atoms with Gasteiger partial charge in [-0.3, -0.25) is 0 Å². The highest BCUT2D eigenvalue weighted by molar-refractivity contribution is 7.13. The summed E-state index contributed by atoms with van der Waals surface area (Å²) < 4.78 is 1.84. The smallest absolute Gasteiger partial charge is 0.180 e. The Kier molecular flexibility index (Phi) is 2.21. The Hall–Kier alpha value is -1.80. The largest absolute Gasteiger partial charge is 0.375 e. The van der Waals surface area contributed by atoms with Crippen LogP contribution >= 0.6 is 11.3 Å². The highest BCUT2D eigenvalue weighted by atomic mass is 32.1. The van der Waals surface area contributed by atoms with Crippen LogP contribution in [-0.4, -0.2) is 9.55 Å². The standard InChI is InChI=1S/C9H8N4S/c10-4-8-2-1-3-13(8)5-7-6-14-9(11)12-7/h1-3,6H,5H2,(H2,11,12). The lowest BCUT2D eigenvalue weighted by molar-refractivity contribution is 0.776. The average molecular weight is 204 g/mol. The van der Waals surface area contributed by atoms with Crippen molar-refractivity contribution in [1.29, 1.82) is 5.26 Å². The van der Waals surface area contributed by atoms with Crippen molar-refractivity contribution < 1.29 is 0 Å². The van der Waals surface area contributed by atoms with Crippen LogP contribution in [0.5, 0.6) is 0 Å². The highest BCUT2D eigenvalue weighted by Gasteiger charge is 2.03. The zero-order valence-corrected chi connectivity index (χ0v) is 8.16. The molecular formula is C9H8N4S. The Labute approximate surface area is 85.2 Å². The molecule has 0 radical (unpaired) electrons. The first-order valence-corrected chi connectivity index (χ1v) is 4.92. The van der Waals surface area contributed by atoms with E-state index in [9.17, 15) is 0 Å². The molecule has 2 N–H and O–H groups in total. The first kappa shape index (κ1) is 8.78. The van der Waals surface area contributed by atoms with Gasteiger partial charge in [-0.25, -0.2) is 4.98 Å². The van der Waals surface area contributed by atoms with Gasteiger partial charge in [0.2, 0.25) is 0 Å². The minimum atomic E-state index is 0.561. The van der Waals surface area contributed by atoms with E-state index in [-0.39, 0.29) is 0 Å². The molecule has 2 rings (SSSR count). The van der Waals surface area contributed by atoms with Crippen molar-refractivity contribution in [1.82, 2.24) is 9.55 Å². The predicted molar refractivity (Wildman–Crippen MR) is 54.8 cm³/mol. The fourth-order valence-electron chi connectivity index (χ4n) is 1.22. The predicted octanol–water partition coefficient (Wildman–Crippen LogP) is 1.45. The lowest BCUT2D eigenvalue weighted by atomic mass is 10.4. The van der Waals surface area contributed by atoms with E-state index in [1.807, 2.05) is 22.2 Å². The van der Waals surface area contributed by atoms with Gasteiger partial charge in [0.05, 0.1) is 12.2 Å². The molecule has 0 saturated heterocycles. The molecule has 0 unspecified atom stereocenters. The Balaban J connectivity index is 2.23. The molecule has 0 aromatic carbocycles. The van der Waals surface area contributed by atoms with Crippen molar-refractivity contribution in [3.05, 3.63) is 35.1 Å². The lowest BCUT2D eigenvalue weighted by Crippen LogP contribution is -2.00. The molecule has 70 valence electrons. The number of hydrogen-bond acceptors (Lipinski definition) is 4. The van der Waals surface area contributed by atoms with Crippen molar-refractivity contribution in [2.45, 2.75) is 6.54 Å². The van der Waals surface area contributed by atoms with Gasteiger partial charge in [-0.15, -0.1) is 11.3 Å². The van der Waals surface area contributed by atoms with Crippen LogP contribution in [-0.2, 0) is 6.54 Å². The quantitative estimate of drug-likeness (QED) is 0.805. The third-order valence-electron chi connectivity index (χ3n) is 1.85. The van der Waals surface area contributed by atoms with E-state index in [1.165, 1.54) is 11.3 Å². The van der Waals surface area contributed by atoms with Gasteiger partial charge >= 0.3 is 0 Å². The Bertz CT molecular complexity index is 477. The summed E-state index contributed by atoms with van der Waals surface area (Å²) in [6.45, 7) is 0.601. The molecule has 5 heteroatoms. The zero-order valence-electron chi connectivity index (χ0n) is 7.34.